The summed E-state index contributed by atoms with van der Waals surface area (Å²) in [7, 11) is 2.01. The van der Waals surface area contributed by atoms with Gasteiger partial charge in [0.25, 0.3) is 0 Å². The number of nitrogens with one attached hydrogen (secondary N) is 1. The second-order valence-corrected chi connectivity index (χ2v) is 4.41. The molecule has 16 heavy (non-hydrogen) atoms. The lowest BCUT2D eigenvalue weighted by atomic mass is 10.1. The van der Waals surface area contributed by atoms with Crippen molar-refractivity contribution in [2.24, 2.45) is 5.92 Å². The van der Waals surface area contributed by atoms with Crippen molar-refractivity contribution in [1.29, 1.82) is 0 Å². The summed E-state index contributed by atoms with van der Waals surface area (Å²) in [5.74, 6) is 2.32. The first-order chi connectivity index (χ1) is 7.81. The molecule has 1 aliphatic rings. The van der Waals surface area contributed by atoms with Gasteiger partial charge in [-0.2, -0.15) is 4.98 Å². The summed E-state index contributed by atoms with van der Waals surface area (Å²) in [4.78, 5) is 6.71. The average molecular weight is 224 g/mol. The maximum atomic E-state index is 5.19. The fraction of sp³-hybridized carbons (Fsp3) is 0.818. The van der Waals surface area contributed by atoms with Crippen LogP contribution < -0.4 is 5.32 Å². The van der Waals surface area contributed by atoms with Gasteiger partial charge in [-0.15, -0.1) is 0 Å². The third kappa shape index (κ3) is 2.80. The summed E-state index contributed by atoms with van der Waals surface area (Å²) >= 11 is 0. The van der Waals surface area contributed by atoms with E-state index in [1.165, 1.54) is 6.42 Å². The van der Waals surface area contributed by atoms with E-state index in [0.717, 1.165) is 50.2 Å². The number of rotatable bonds is 5. The SMILES string of the molecule is CCc1noc(CN2CCC(CNC)C2)n1. The van der Waals surface area contributed by atoms with Gasteiger partial charge < -0.3 is 9.84 Å². The molecule has 90 valence electrons. The molecule has 1 atom stereocenters. The van der Waals surface area contributed by atoms with Crippen LogP contribution in [-0.4, -0.2) is 41.7 Å². The first-order valence-electron chi connectivity index (χ1n) is 6.00. The molecule has 0 radical (unpaired) electrons. The van der Waals surface area contributed by atoms with Gasteiger partial charge in [0, 0.05) is 13.0 Å². The molecular weight excluding hydrogens is 204 g/mol. The molecule has 1 aromatic heterocycles. The molecule has 0 saturated carbocycles. The molecule has 0 spiro atoms. The topological polar surface area (TPSA) is 54.2 Å². The highest BCUT2D eigenvalue weighted by atomic mass is 16.5. The van der Waals surface area contributed by atoms with Crippen molar-refractivity contribution in [3.05, 3.63) is 11.7 Å². The molecule has 1 saturated heterocycles. The fourth-order valence-corrected chi connectivity index (χ4v) is 2.20. The number of aromatic nitrogens is 2. The average Bonchev–Trinajstić information content (AvgIpc) is 2.89. The van der Waals surface area contributed by atoms with Gasteiger partial charge in [-0.1, -0.05) is 12.1 Å². The second kappa shape index (κ2) is 5.41. The molecule has 1 unspecified atom stereocenters. The fourth-order valence-electron chi connectivity index (χ4n) is 2.20. The van der Waals surface area contributed by atoms with Crippen LogP contribution in [0.2, 0.25) is 0 Å². The van der Waals surface area contributed by atoms with Crippen molar-refractivity contribution in [3.63, 3.8) is 0 Å². The maximum Gasteiger partial charge on any atom is 0.240 e. The summed E-state index contributed by atoms with van der Waals surface area (Å²) in [6.07, 6.45) is 2.10. The third-order valence-electron chi connectivity index (χ3n) is 3.05. The van der Waals surface area contributed by atoms with Crippen LogP contribution in [0.25, 0.3) is 0 Å². The number of likely N-dealkylation sites (tertiary alicyclic amines) is 1. The molecule has 1 aliphatic heterocycles. The van der Waals surface area contributed by atoms with Gasteiger partial charge in [0.1, 0.15) is 0 Å². The summed E-state index contributed by atoms with van der Waals surface area (Å²) in [5, 5.41) is 7.14. The molecule has 0 aliphatic carbocycles. The Bertz CT molecular complexity index is 326. The summed E-state index contributed by atoms with van der Waals surface area (Å²) in [6, 6.07) is 0. The normalized spacial score (nSPS) is 21.8. The Kier molecular flexibility index (Phi) is 3.90. The summed E-state index contributed by atoms with van der Waals surface area (Å²) < 4.78 is 5.19. The van der Waals surface area contributed by atoms with E-state index < -0.39 is 0 Å². The van der Waals surface area contributed by atoms with Crippen molar-refractivity contribution in [3.8, 4) is 0 Å². The molecule has 0 aromatic carbocycles. The summed E-state index contributed by atoms with van der Waals surface area (Å²) in [5.41, 5.74) is 0. The Morgan fingerprint density at radius 1 is 1.56 bits per heavy atom. The van der Waals surface area contributed by atoms with Gasteiger partial charge in [0.15, 0.2) is 5.82 Å². The molecule has 2 rings (SSSR count). The largest absolute Gasteiger partial charge is 0.338 e. The highest BCUT2D eigenvalue weighted by Crippen LogP contribution is 2.17. The van der Waals surface area contributed by atoms with Crippen molar-refractivity contribution in [2.45, 2.75) is 26.3 Å². The highest BCUT2D eigenvalue weighted by Gasteiger charge is 2.23. The van der Waals surface area contributed by atoms with E-state index >= 15 is 0 Å². The molecule has 1 fully saturated rings. The van der Waals surface area contributed by atoms with Crippen LogP contribution >= 0.6 is 0 Å². The summed E-state index contributed by atoms with van der Waals surface area (Å²) in [6.45, 7) is 6.20. The van der Waals surface area contributed by atoms with E-state index in [2.05, 4.69) is 20.4 Å². The third-order valence-corrected chi connectivity index (χ3v) is 3.05. The number of hydrogen-bond donors (Lipinski definition) is 1. The van der Waals surface area contributed by atoms with Crippen LogP contribution in [0.15, 0.2) is 4.52 Å². The lowest BCUT2D eigenvalue weighted by Crippen LogP contribution is -2.24. The van der Waals surface area contributed by atoms with E-state index in [0.29, 0.717) is 0 Å². The monoisotopic (exact) mass is 224 g/mol. The molecule has 5 heteroatoms. The number of hydrogen-bond acceptors (Lipinski definition) is 5. The van der Waals surface area contributed by atoms with Gasteiger partial charge in [-0.05, 0) is 32.5 Å². The second-order valence-electron chi connectivity index (χ2n) is 4.41. The molecule has 1 aromatic rings. The van der Waals surface area contributed by atoms with E-state index in [4.69, 9.17) is 4.52 Å². The highest BCUT2D eigenvalue weighted by molar-refractivity contribution is 4.87. The van der Waals surface area contributed by atoms with Crippen LogP contribution in [0.1, 0.15) is 25.1 Å². The molecule has 1 N–H and O–H groups in total. The molecule has 2 heterocycles. The van der Waals surface area contributed by atoms with Crippen LogP contribution in [0.3, 0.4) is 0 Å². The lowest BCUT2D eigenvalue weighted by molar-refractivity contribution is 0.259. The predicted octanol–water partition coefficient (Wildman–Crippen LogP) is 0.673. The van der Waals surface area contributed by atoms with Crippen LogP contribution in [-0.2, 0) is 13.0 Å². The van der Waals surface area contributed by atoms with Gasteiger partial charge in [-0.25, -0.2) is 0 Å². The molecular formula is C11H20N4O. The minimum absolute atomic E-state index is 0.752. The Balaban J connectivity index is 1.82. The minimum Gasteiger partial charge on any atom is -0.338 e. The van der Waals surface area contributed by atoms with E-state index in [9.17, 15) is 0 Å². The van der Waals surface area contributed by atoms with Crippen molar-refractivity contribution in [2.75, 3.05) is 26.7 Å². The Morgan fingerprint density at radius 2 is 2.44 bits per heavy atom. The number of aryl methyl sites for hydroxylation is 1. The van der Waals surface area contributed by atoms with Gasteiger partial charge >= 0.3 is 0 Å². The molecule has 0 amide bonds. The van der Waals surface area contributed by atoms with E-state index in [1.807, 2.05) is 14.0 Å². The van der Waals surface area contributed by atoms with Crippen molar-refractivity contribution >= 4 is 0 Å². The predicted molar refractivity (Wildman–Crippen MR) is 61.0 cm³/mol. The Morgan fingerprint density at radius 3 is 3.12 bits per heavy atom. The van der Waals surface area contributed by atoms with Gasteiger partial charge in [0.05, 0.1) is 6.54 Å². The number of nitrogens with zero attached hydrogens (tertiary/aromatic N) is 3. The zero-order chi connectivity index (χ0) is 11.4. The Labute approximate surface area is 96.2 Å². The molecule has 5 nitrogen and oxygen atoms in total. The maximum absolute atomic E-state index is 5.19. The van der Waals surface area contributed by atoms with E-state index in [1.54, 1.807) is 0 Å². The first kappa shape index (κ1) is 11.5. The first-order valence-corrected chi connectivity index (χ1v) is 6.00. The van der Waals surface area contributed by atoms with Gasteiger partial charge in [-0.3, -0.25) is 4.90 Å². The zero-order valence-electron chi connectivity index (χ0n) is 10.1. The standard InChI is InChI=1S/C11H20N4O/c1-3-10-13-11(16-14-10)8-15-5-4-9(7-15)6-12-2/h9,12H,3-8H2,1-2H3. The van der Waals surface area contributed by atoms with Gasteiger partial charge in [0.2, 0.25) is 5.89 Å². The van der Waals surface area contributed by atoms with Crippen LogP contribution in [0.5, 0.6) is 0 Å². The van der Waals surface area contributed by atoms with E-state index in [-0.39, 0.29) is 0 Å². The Hall–Kier alpha value is -0.940. The molecule has 0 bridgehead atoms. The van der Waals surface area contributed by atoms with Crippen molar-refractivity contribution < 1.29 is 4.52 Å². The van der Waals surface area contributed by atoms with Crippen LogP contribution in [0.4, 0.5) is 0 Å². The van der Waals surface area contributed by atoms with Crippen molar-refractivity contribution in [1.82, 2.24) is 20.4 Å². The minimum atomic E-state index is 0.752. The quantitative estimate of drug-likeness (QED) is 0.797. The van der Waals surface area contributed by atoms with Crippen LogP contribution in [0, 0.1) is 5.92 Å². The lowest BCUT2D eigenvalue weighted by Gasteiger charge is -2.12. The smallest absolute Gasteiger partial charge is 0.240 e. The zero-order valence-corrected chi connectivity index (χ0v) is 10.1.